The lowest BCUT2D eigenvalue weighted by molar-refractivity contribution is 0.793. The molecule has 0 aliphatic rings. The number of anilines is 1. The van der Waals surface area contributed by atoms with Crippen molar-refractivity contribution in [2.45, 2.75) is 26.7 Å². The van der Waals surface area contributed by atoms with Crippen molar-refractivity contribution in [1.82, 2.24) is 14.8 Å². The van der Waals surface area contributed by atoms with E-state index in [4.69, 9.17) is 17.3 Å². The van der Waals surface area contributed by atoms with E-state index in [0.29, 0.717) is 10.7 Å². The maximum Gasteiger partial charge on any atom is 0.151 e. The molecule has 0 bridgehead atoms. The van der Waals surface area contributed by atoms with E-state index in [9.17, 15) is 0 Å². The Bertz CT molecular complexity index is 533. The van der Waals surface area contributed by atoms with Gasteiger partial charge in [0.1, 0.15) is 5.82 Å². The molecule has 0 fully saturated rings. The Morgan fingerprint density at radius 3 is 2.71 bits per heavy atom. The number of hydrogen-bond acceptors (Lipinski definition) is 3. The second-order valence-electron chi connectivity index (χ2n) is 3.74. The molecule has 90 valence electrons. The van der Waals surface area contributed by atoms with Gasteiger partial charge in [0, 0.05) is 12.8 Å². The molecule has 0 unspecified atom stereocenters. The fourth-order valence-electron chi connectivity index (χ4n) is 1.67. The fraction of sp³-hybridized carbons (Fsp3) is 0.333. The zero-order valence-corrected chi connectivity index (χ0v) is 10.7. The number of aryl methyl sites for hydroxylation is 2. The highest BCUT2D eigenvalue weighted by atomic mass is 35.5. The highest BCUT2D eigenvalue weighted by Gasteiger charge is 2.12. The fourth-order valence-corrected chi connectivity index (χ4v) is 1.84. The number of halogens is 1. The first-order chi connectivity index (χ1) is 8.17. The largest absolute Gasteiger partial charge is 0.396 e. The maximum absolute atomic E-state index is 6.01. The van der Waals surface area contributed by atoms with E-state index in [1.165, 1.54) is 0 Å². The molecule has 0 aliphatic carbocycles. The first-order valence-electron chi connectivity index (χ1n) is 5.66. The van der Waals surface area contributed by atoms with Crippen LogP contribution in [0.4, 0.5) is 5.69 Å². The van der Waals surface area contributed by atoms with Gasteiger partial charge in [-0.1, -0.05) is 31.5 Å². The first-order valence-corrected chi connectivity index (χ1v) is 6.04. The second kappa shape index (κ2) is 4.75. The number of aromatic nitrogens is 3. The monoisotopic (exact) mass is 250 g/mol. The molecule has 0 saturated heterocycles. The number of nitrogens with zero attached hydrogens (tertiary/aromatic N) is 3. The Hall–Kier alpha value is -1.55. The molecule has 0 spiro atoms. The normalized spacial score (nSPS) is 10.8. The summed E-state index contributed by atoms with van der Waals surface area (Å²) >= 11 is 6.01. The van der Waals surface area contributed by atoms with Crippen molar-refractivity contribution < 1.29 is 0 Å². The molecule has 17 heavy (non-hydrogen) atoms. The summed E-state index contributed by atoms with van der Waals surface area (Å²) in [4.78, 5) is 4.45. The minimum absolute atomic E-state index is 0.538. The van der Waals surface area contributed by atoms with Crippen molar-refractivity contribution in [2.24, 2.45) is 0 Å². The van der Waals surface area contributed by atoms with Crippen molar-refractivity contribution in [3.05, 3.63) is 34.9 Å². The summed E-state index contributed by atoms with van der Waals surface area (Å²) in [7, 11) is 0. The molecule has 2 rings (SSSR count). The van der Waals surface area contributed by atoms with Crippen LogP contribution in [0.15, 0.2) is 18.2 Å². The molecule has 1 aromatic heterocycles. The summed E-state index contributed by atoms with van der Waals surface area (Å²) < 4.78 is 1.78. The van der Waals surface area contributed by atoms with Gasteiger partial charge in [0.15, 0.2) is 5.82 Å². The number of nitrogen functional groups attached to an aromatic ring is 1. The SMILES string of the molecule is CCc1nc(CC)n(-c2cccc(Cl)c2N)n1. The van der Waals surface area contributed by atoms with E-state index in [-0.39, 0.29) is 0 Å². The van der Waals surface area contributed by atoms with Crippen molar-refractivity contribution in [2.75, 3.05) is 5.73 Å². The lowest BCUT2D eigenvalue weighted by atomic mass is 10.2. The van der Waals surface area contributed by atoms with Crippen molar-refractivity contribution in [1.29, 1.82) is 0 Å². The highest BCUT2D eigenvalue weighted by molar-refractivity contribution is 6.33. The van der Waals surface area contributed by atoms with Gasteiger partial charge in [-0.25, -0.2) is 9.67 Å². The molecule has 0 amide bonds. The van der Waals surface area contributed by atoms with Crippen molar-refractivity contribution in [3.8, 4) is 5.69 Å². The number of para-hydroxylation sites is 1. The molecule has 4 nitrogen and oxygen atoms in total. The molecule has 5 heteroatoms. The average molecular weight is 251 g/mol. The van der Waals surface area contributed by atoms with E-state index < -0.39 is 0 Å². The van der Waals surface area contributed by atoms with Gasteiger partial charge < -0.3 is 5.73 Å². The van der Waals surface area contributed by atoms with Crippen molar-refractivity contribution in [3.63, 3.8) is 0 Å². The Labute approximate surface area is 105 Å². The quantitative estimate of drug-likeness (QED) is 0.852. The molecule has 0 aliphatic heterocycles. The Kier molecular flexibility index (Phi) is 3.33. The smallest absolute Gasteiger partial charge is 0.151 e. The summed E-state index contributed by atoms with van der Waals surface area (Å²) in [6.45, 7) is 4.07. The van der Waals surface area contributed by atoms with Crippen LogP contribution in [-0.4, -0.2) is 14.8 Å². The van der Waals surface area contributed by atoms with E-state index in [2.05, 4.69) is 10.1 Å². The molecule has 1 aromatic carbocycles. The van der Waals surface area contributed by atoms with Crippen LogP contribution in [0.1, 0.15) is 25.5 Å². The molecule has 0 saturated carbocycles. The van der Waals surface area contributed by atoms with Crippen LogP contribution in [0.5, 0.6) is 0 Å². The maximum atomic E-state index is 6.01. The zero-order valence-electron chi connectivity index (χ0n) is 9.94. The molecular weight excluding hydrogens is 236 g/mol. The van der Waals surface area contributed by atoms with Crippen LogP contribution < -0.4 is 5.73 Å². The molecule has 0 atom stereocenters. The summed E-state index contributed by atoms with van der Waals surface area (Å²) in [5, 5.41) is 4.98. The minimum Gasteiger partial charge on any atom is -0.396 e. The molecular formula is C12H15ClN4. The van der Waals surface area contributed by atoms with Crippen LogP contribution in [0.3, 0.4) is 0 Å². The summed E-state index contributed by atoms with van der Waals surface area (Å²) in [6, 6.07) is 5.53. The third-order valence-corrected chi connectivity index (χ3v) is 2.94. The van der Waals surface area contributed by atoms with Gasteiger partial charge in [-0.05, 0) is 12.1 Å². The standard InChI is InChI=1S/C12H15ClN4/c1-3-10-15-11(4-2)17(16-10)9-7-5-6-8(13)12(9)14/h5-7H,3-4,14H2,1-2H3. The zero-order chi connectivity index (χ0) is 12.4. The minimum atomic E-state index is 0.538. The van der Waals surface area contributed by atoms with Crippen molar-refractivity contribution >= 4 is 17.3 Å². The van der Waals surface area contributed by atoms with Crippen LogP contribution >= 0.6 is 11.6 Å². The van der Waals surface area contributed by atoms with Gasteiger partial charge in [0.05, 0.1) is 16.4 Å². The Balaban J connectivity index is 2.59. The topological polar surface area (TPSA) is 56.7 Å². The van der Waals surface area contributed by atoms with Crippen LogP contribution in [0.25, 0.3) is 5.69 Å². The summed E-state index contributed by atoms with van der Waals surface area (Å²) in [6.07, 6.45) is 1.61. The number of rotatable bonds is 3. The van der Waals surface area contributed by atoms with E-state index in [1.54, 1.807) is 10.7 Å². The lowest BCUT2D eigenvalue weighted by Gasteiger charge is -2.08. The van der Waals surface area contributed by atoms with Gasteiger partial charge in [-0.3, -0.25) is 0 Å². The number of nitrogens with two attached hydrogens (primary N) is 1. The molecule has 1 heterocycles. The van der Waals surface area contributed by atoms with Gasteiger partial charge in [-0.15, -0.1) is 0 Å². The molecule has 0 radical (unpaired) electrons. The van der Waals surface area contributed by atoms with Gasteiger partial charge in [0.25, 0.3) is 0 Å². The molecule has 2 N–H and O–H groups in total. The third kappa shape index (κ3) is 2.13. The van der Waals surface area contributed by atoms with Crippen LogP contribution in [-0.2, 0) is 12.8 Å². The second-order valence-corrected chi connectivity index (χ2v) is 4.14. The third-order valence-electron chi connectivity index (χ3n) is 2.61. The summed E-state index contributed by atoms with van der Waals surface area (Å²) in [5.41, 5.74) is 7.30. The lowest BCUT2D eigenvalue weighted by Crippen LogP contribution is -2.05. The number of benzene rings is 1. The van der Waals surface area contributed by atoms with E-state index >= 15 is 0 Å². The van der Waals surface area contributed by atoms with E-state index in [1.807, 2.05) is 26.0 Å². The summed E-state index contributed by atoms with van der Waals surface area (Å²) in [5.74, 6) is 1.72. The molecule has 2 aromatic rings. The van der Waals surface area contributed by atoms with Crippen LogP contribution in [0.2, 0.25) is 5.02 Å². The van der Waals surface area contributed by atoms with Gasteiger partial charge in [0.2, 0.25) is 0 Å². The van der Waals surface area contributed by atoms with Crippen LogP contribution in [0, 0.1) is 0 Å². The predicted molar refractivity (Wildman–Crippen MR) is 69.5 cm³/mol. The Morgan fingerprint density at radius 2 is 2.06 bits per heavy atom. The number of hydrogen-bond donors (Lipinski definition) is 1. The highest BCUT2D eigenvalue weighted by Crippen LogP contribution is 2.26. The van der Waals surface area contributed by atoms with Gasteiger partial charge in [-0.2, -0.15) is 5.10 Å². The average Bonchev–Trinajstić information content (AvgIpc) is 2.76. The first kappa shape index (κ1) is 11.9. The Morgan fingerprint density at radius 1 is 1.29 bits per heavy atom. The predicted octanol–water partition coefficient (Wildman–Crippen LogP) is 2.63. The van der Waals surface area contributed by atoms with E-state index in [0.717, 1.165) is 30.2 Å². The van der Waals surface area contributed by atoms with Gasteiger partial charge >= 0.3 is 0 Å².